The van der Waals surface area contributed by atoms with Crippen LogP contribution in [0, 0.1) is 0 Å². The number of hydrogen-bond acceptors (Lipinski definition) is 3. The van der Waals surface area contributed by atoms with Crippen molar-refractivity contribution < 1.29 is 9.15 Å². The Hall–Kier alpha value is -3.82. The summed E-state index contributed by atoms with van der Waals surface area (Å²) >= 11 is 0. The van der Waals surface area contributed by atoms with E-state index in [0.717, 1.165) is 51.0 Å². The largest absolute Gasteiger partial charge is 0.489 e. The lowest BCUT2D eigenvalue weighted by molar-refractivity contribution is 0.303. The molecule has 5 aromatic rings. The molecule has 3 nitrogen and oxygen atoms in total. The van der Waals surface area contributed by atoms with Gasteiger partial charge in [0.05, 0.1) is 6.26 Å². The zero-order valence-electron chi connectivity index (χ0n) is 18.8. The van der Waals surface area contributed by atoms with Crippen LogP contribution in [0.15, 0.2) is 102 Å². The Morgan fingerprint density at radius 1 is 0.758 bits per heavy atom. The van der Waals surface area contributed by atoms with E-state index in [0.29, 0.717) is 13.2 Å². The van der Waals surface area contributed by atoms with Crippen LogP contribution in [-0.2, 0) is 19.6 Å². The first kappa shape index (κ1) is 21.0. The molecule has 0 aliphatic rings. The molecule has 0 saturated carbocycles. The van der Waals surface area contributed by atoms with Crippen molar-refractivity contribution in [3.63, 3.8) is 0 Å². The molecule has 0 aliphatic carbocycles. The summed E-state index contributed by atoms with van der Waals surface area (Å²) < 4.78 is 12.2. The van der Waals surface area contributed by atoms with Crippen LogP contribution in [0.4, 0.5) is 0 Å². The van der Waals surface area contributed by atoms with E-state index in [1.807, 2.05) is 24.3 Å². The summed E-state index contributed by atoms with van der Waals surface area (Å²) in [6.07, 6.45) is 2.66. The molecule has 1 heterocycles. The Kier molecular flexibility index (Phi) is 5.97. The van der Waals surface area contributed by atoms with Gasteiger partial charge in [0.2, 0.25) is 0 Å². The van der Waals surface area contributed by atoms with Gasteiger partial charge >= 0.3 is 0 Å². The van der Waals surface area contributed by atoms with Gasteiger partial charge in [-0.25, -0.2) is 0 Å². The van der Waals surface area contributed by atoms with Crippen molar-refractivity contribution in [2.24, 2.45) is 5.73 Å². The normalized spacial score (nSPS) is 11.1. The number of benzene rings is 4. The number of aryl methyl sites for hydroxylation is 1. The molecule has 0 amide bonds. The minimum atomic E-state index is 0.482. The molecule has 0 atom stereocenters. The summed E-state index contributed by atoms with van der Waals surface area (Å²) in [5, 5.41) is 1.07. The topological polar surface area (TPSA) is 48.4 Å². The number of furan rings is 1. The van der Waals surface area contributed by atoms with Crippen molar-refractivity contribution in [2.75, 3.05) is 0 Å². The van der Waals surface area contributed by atoms with E-state index < -0.39 is 0 Å². The highest BCUT2D eigenvalue weighted by atomic mass is 16.5. The molecule has 3 heteroatoms. The fourth-order valence-electron chi connectivity index (χ4n) is 4.26. The number of ether oxygens (including phenoxy) is 1. The van der Waals surface area contributed by atoms with E-state index in [1.54, 1.807) is 6.26 Å². The maximum atomic E-state index is 6.39. The quantitative estimate of drug-likeness (QED) is 0.291. The van der Waals surface area contributed by atoms with E-state index in [4.69, 9.17) is 14.9 Å². The lowest BCUT2D eigenvalue weighted by atomic mass is 9.99. The Labute approximate surface area is 194 Å². The van der Waals surface area contributed by atoms with Crippen molar-refractivity contribution in [3.8, 4) is 28.0 Å². The van der Waals surface area contributed by atoms with Gasteiger partial charge in [0.15, 0.2) is 0 Å². The maximum absolute atomic E-state index is 6.39. The Balaban J connectivity index is 1.48. The molecule has 0 unspecified atom stereocenters. The predicted molar refractivity (Wildman–Crippen MR) is 135 cm³/mol. The van der Waals surface area contributed by atoms with E-state index in [9.17, 15) is 0 Å². The third-order valence-electron chi connectivity index (χ3n) is 6.03. The fraction of sp³-hybridized carbons (Fsp3) is 0.133. The first-order valence-electron chi connectivity index (χ1n) is 11.4. The number of hydrogen-bond donors (Lipinski definition) is 1. The second kappa shape index (κ2) is 9.35. The van der Waals surface area contributed by atoms with Gasteiger partial charge in [-0.1, -0.05) is 67.6 Å². The van der Waals surface area contributed by atoms with E-state index in [-0.39, 0.29) is 0 Å². The second-order valence-corrected chi connectivity index (χ2v) is 8.22. The summed E-state index contributed by atoms with van der Waals surface area (Å²) in [5.41, 5.74) is 14.7. The zero-order valence-corrected chi connectivity index (χ0v) is 18.8. The lowest BCUT2D eigenvalue weighted by Gasteiger charge is -2.14. The first-order chi connectivity index (χ1) is 16.2. The van der Waals surface area contributed by atoms with Crippen molar-refractivity contribution in [3.05, 3.63) is 114 Å². The van der Waals surface area contributed by atoms with Crippen molar-refractivity contribution in [1.29, 1.82) is 0 Å². The summed E-state index contributed by atoms with van der Waals surface area (Å²) in [5.74, 6) is 0.929. The minimum Gasteiger partial charge on any atom is -0.489 e. The van der Waals surface area contributed by atoms with Crippen molar-refractivity contribution in [2.45, 2.75) is 26.5 Å². The third kappa shape index (κ3) is 4.41. The van der Waals surface area contributed by atoms with Crippen LogP contribution >= 0.6 is 0 Å². The van der Waals surface area contributed by atoms with E-state index >= 15 is 0 Å². The molecule has 0 radical (unpaired) electrons. The smallest absolute Gasteiger partial charge is 0.141 e. The van der Waals surface area contributed by atoms with Gasteiger partial charge in [-0.15, -0.1) is 0 Å². The molecule has 0 fully saturated rings. The van der Waals surface area contributed by atoms with Crippen LogP contribution in [-0.4, -0.2) is 0 Å². The van der Waals surface area contributed by atoms with E-state index in [1.165, 1.54) is 11.1 Å². The molecule has 0 saturated heterocycles. The highest BCUT2D eigenvalue weighted by molar-refractivity contribution is 5.93. The molecule has 5 rings (SSSR count). The molecule has 0 spiro atoms. The Bertz CT molecular complexity index is 1390. The van der Waals surface area contributed by atoms with Gasteiger partial charge in [0.25, 0.3) is 0 Å². The van der Waals surface area contributed by atoms with Crippen LogP contribution < -0.4 is 10.5 Å². The van der Waals surface area contributed by atoms with Crippen LogP contribution in [0.1, 0.15) is 23.6 Å². The van der Waals surface area contributed by atoms with Crippen molar-refractivity contribution >= 4 is 11.0 Å². The van der Waals surface area contributed by atoms with Crippen LogP contribution in [0.3, 0.4) is 0 Å². The molecular formula is C30H27NO2. The number of nitrogens with two attached hydrogens (primary N) is 1. The number of rotatable bonds is 7. The van der Waals surface area contributed by atoms with Gasteiger partial charge < -0.3 is 14.9 Å². The maximum Gasteiger partial charge on any atom is 0.141 e. The predicted octanol–water partition coefficient (Wildman–Crippen LogP) is 7.37. The molecule has 164 valence electrons. The average Bonchev–Trinajstić information content (AvgIpc) is 3.36. The minimum absolute atomic E-state index is 0.482. The lowest BCUT2D eigenvalue weighted by Crippen LogP contribution is -2.00. The monoisotopic (exact) mass is 433 g/mol. The summed E-state index contributed by atoms with van der Waals surface area (Å²) in [4.78, 5) is 0. The molecule has 0 aliphatic heterocycles. The van der Waals surface area contributed by atoms with Crippen molar-refractivity contribution in [1.82, 2.24) is 0 Å². The standard InChI is InChI=1S/C30H27NO2/c1-2-23-11-12-25(24-8-4-3-5-9-24)18-29(23)33-20-22-16-27-13-14-32-30(27)28(17-22)26-10-6-7-21(15-26)19-31/h3-18H,2,19-20,31H2,1H3. The van der Waals surface area contributed by atoms with E-state index in [2.05, 4.69) is 73.7 Å². The molecule has 0 bridgehead atoms. The summed E-state index contributed by atoms with van der Waals surface area (Å²) in [6.45, 7) is 3.15. The number of fused-ring (bicyclic) bond motifs is 1. The molecule has 4 aromatic carbocycles. The molecular weight excluding hydrogens is 406 g/mol. The molecule has 2 N–H and O–H groups in total. The SMILES string of the molecule is CCc1ccc(-c2ccccc2)cc1OCc1cc(-c2cccc(CN)c2)c2occc2c1. The van der Waals surface area contributed by atoms with Gasteiger partial charge in [0.1, 0.15) is 17.9 Å². The fourth-order valence-corrected chi connectivity index (χ4v) is 4.26. The molecule has 33 heavy (non-hydrogen) atoms. The van der Waals surface area contributed by atoms with Crippen LogP contribution in [0.25, 0.3) is 33.2 Å². The highest BCUT2D eigenvalue weighted by Gasteiger charge is 2.12. The zero-order chi connectivity index (χ0) is 22.6. The summed E-state index contributed by atoms with van der Waals surface area (Å²) in [7, 11) is 0. The van der Waals surface area contributed by atoms with Gasteiger partial charge in [-0.3, -0.25) is 0 Å². The van der Waals surface area contributed by atoms with Crippen LogP contribution in [0.5, 0.6) is 5.75 Å². The van der Waals surface area contributed by atoms with Gasteiger partial charge in [-0.2, -0.15) is 0 Å². The Morgan fingerprint density at radius 2 is 1.61 bits per heavy atom. The first-order valence-corrected chi connectivity index (χ1v) is 11.4. The van der Waals surface area contributed by atoms with Gasteiger partial charge in [0, 0.05) is 17.5 Å². The average molecular weight is 434 g/mol. The third-order valence-corrected chi connectivity index (χ3v) is 6.03. The van der Waals surface area contributed by atoms with Crippen LogP contribution in [0.2, 0.25) is 0 Å². The van der Waals surface area contributed by atoms with Gasteiger partial charge in [-0.05, 0) is 70.1 Å². The molecule has 1 aromatic heterocycles. The highest BCUT2D eigenvalue weighted by Crippen LogP contribution is 2.33. The Morgan fingerprint density at radius 3 is 2.42 bits per heavy atom. The summed E-state index contributed by atoms with van der Waals surface area (Å²) in [6, 6.07) is 31.5. The second-order valence-electron chi connectivity index (χ2n) is 8.22.